The van der Waals surface area contributed by atoms with Crippen LogP contribution in [-0.4, -0.2) is 0 Å². The van der Waals surface area contributed by atoms with Gasteiger partial charge < -0.3 is 0 Å². The Morgan fingerprint density at radius 3 is 2.27 bits per heavy atom. The molecule has 0 N–H and O–H groups in total. The Morgan fingerprint density at radius 2 is 1.60 bits per heavy atom. The van der Waals surface area contributed by atoms with Crippen molar-refractivity contribution in [2.75, 3.05) is 0 Å². The lowest BCUT2D eigenvalue weighted by atomic mass is 10.2. The van der Waals surface area contributed by atoms with Gasteiger partial charge in [0.1, 0.15) is 0 Å². The second-order valence-electron chi connectivity index (χ2n) is 3.19. The van der Waals surface area contributed by atoms with Crippen molar-refractivity contribution < 1.29 is 4.57 Å². The van der Waals surface area contributed by atoms with Crippen LogP contribution in [0.25, 0.3) is 12.3 Å². The van der Waals surface area contributed by atoms with Crippen molar-refractivity contribution >= 4 is 23.9 Å². The molecular formula is C13H11ClN+. The van der Waals surface area contributed by atoms with E-state index in [1.165, 1.54) is 0 Å². The molecule has 0 unspecified atom stereocenters. The van der Waals surface area contributed by atoms with E-state index >= 15 is 0 Å². The van der Waals surface area contributed by atoms with Crippen LogP contribution < -0.4 is 4.57 Å². The summed E-state index contributed by atoms with van der Waals surface area (Å²) in [6.45, 7) is 0. The Kier molecular flexibility index (Phi) is 3.15. The molecule has 1 heterocycles. The van der Waals surface area contributed by atoms with Gasteiger partial charge in [0.25, 0.3) is 0 Å². The van der Waals surface area contributed by atoms with E-state index in [4.69, 9.17) is 11.6 Å². The average Bonchev–Trinajstić information content (AvgIpc) is 2.30. The number of pyridine rings is 1. The fraction of sp³-hybridized carbons (Fsp3) is 0. The molecule has 1 nitrogen and oxygen atoms in total. The van der Waals surface area contributed by atoms with Crippen LogP contribution >= 0.6 is 11.6 Å². The first-order chi connectivity index (χ1) is 7.34. The predicted molar refractivity (Wildman–Crippen MR) is 63.3 cm³/mol. The fourth-order valence-electron chi connectivity index (χ4n) is 1.26. The summed E-state index contributed by atoms with van der Waals surface area (Å²) in [5, 5.41) is 0.763. The van der Waals surface area contributed by atoms with E-state index in [-0.39, 0.29) is 0 Å². The molecule has 15 heavy (non-hydrogen) atoms. The molecule has 2 aromatic rings. The summed E-state index contributed by atoms with van der Waals surface area (Å²) in [6.07, 6.45) is 8.03. The normalized spacial score (nSPS) is 10.7. The standard InChI is InChI=1S/C13H11ClN/c14-13-6-4-12(5-7-13)8-11-15-9-2-1-3-10-15/h1-11H/q+1/b11-8+. The van der Waals surface area contributed by atoms with Gasteiger partial charge in [0.05, 0.1) is 0 Å². The van der Waals surface area contributed by atoms with Crippen LogP contribution in [0.4, 0.5) is 0 Å². The van der Waals surface area contributed by atoms with E-state index in [9.17, 15) is 0 Å². The van der Waals surface area contributed by atoms with Gasteiger partial charge in [-0.05, 0) is 17.7 Å². The molecule has 0 aliphatic rings. The van der Waals surface area contributed by atoms with Gasteiger partial charge in [-0.2, -0.15) is 4.57 Å². The zero-order chi connectivity index (χ0) is 10.5. The summed E-state index contributed by atoms with van der Waals surface area (Å²) in [6, 6.07) is 13.7. The maximum Gasteiger partial charge on any atom is 0.175 e. The topological polar surface area (TPSA) is 3.88 Å². The van der Waals surface area contributed by atoms with Gasteiger partial charge in [0.15, 0.2) is 18.6 Å². The van der Waals surface area contributed by atoms with Gasteiger partial charge in [-0.15, -0.1) is 0 Å². The fourth-order valence-corrected chi connectivity index (χ4v) is 1.38. The molecule has 0 spiro atoms. The highest BCUT2D eigenvalue weighted by atomic mass is 35.5. The van der Waals surface area contributed by atoms with Crippen LogP contribution in [0.3, 0.4) is 0 Å². The zero-order valence-corrected chi connectivity index (χ0v) is 8.93. The minimum absolute atomic E-state index is 0.763. The van der Waals surface area contributed by atoms with E-state index < -0.39 is 0 Å². The van der Waals surface area contributed by atoms with Crippen molar-refractivity contribution in [3.05, 3.63) is 65.4 Å². The molecule has 0 aliphatic carbocycles. The molecule has 0 atom stereocenters. The minimum atomic E-state index is 0.763. The molecule has 0 bridgehead atoms. The SMILES string of the molecule is Clc1ccc(/C=C/[n+]2ccccc2)cc1. The van der Waals surface area contributed by atoms with Crippen LogP contribution in [0.2, 0.25) is 5.02 Å². The number of nitrogens with zero attached hydrogens (tertiary/aromatic N) is 1. The largest absolute Gasteiger partial charge is 0.175 e. The second-order valence-corrected chi connectivity index (χ2v) is 3.63. The van der Waals surface area contributed by atoms with Gasteiger partial charge in [0.2, 0.25) is 0 Å². The molecule has 2 heteroatoms. The number of aromatic nitrogens is 1. The highest BCUT2D eigenvalue weighted by molar-refractivity contribution is 6.30. The van der Waals surface area contributed by atoms with Crippen LogP contribution in [0.5, 0.6) is 0 Å². The Morgan fingerprint density at radius 1 is 0.933 bits per heavy atom. The van der Waals surface area contributed by atoms with E-state index in [0.29, 0.717) is 0 Å². The summed E-state index contributed by atoms with van der Waals surface area (Å²) in [5.41, 5.74) is 1.13. The molecule has 0 fully saturated rings. The number of hydrogen-bond acceptors (Lipinski definition) is 0. The van der Waals surface area contributed by atoms with Gasteiger partial charge in [-0.25, -0.2) is 0 Å². The molecule has 0 saturated heterocycles. The van der Waals surface area contributed by atoms with Gasteiger partial charge in [-0.3, -0.25) is 0 Å². The van der Waals surface area contributed by atoms with Crippen molar-refractivity contribution in [3.8, 4) is 0 Å². The van der Waals surface area contributed by atoms with Crippen LogP contribution in [0.15, 0.2) is 54.9 Å². The third-order valence-corrected chi connectivity index (χ3v) is 2.30. The van der Waals surface area contributed by atoms with Crippen molar-refractivity contribution in [3.63, 3.8) is 0 Å². The lowest BCUT2D eigenvalue weighted by Gasteiger charge is -1.91. The monoisotopic (exact) mass is 216 g/mol. The highest BCUT2D eigenvalue weighted by Gasteiger charge is 1.91. The summed E-state index contributed by atoms with van der Waals surface area (Å²) >= 11 is 5.80. The smallest absolute Gasteiger partial charge is 0.174 e. The van der Waals surface area contributed by atoms with Crippen molar-refractivity contribution in [1.29, 1.82) is 0 Å². The van der Waals surface area contributed by atoms with Gasteiger partial charge in [-0.1, -0.05) is 29.8 Å². The van der Waals surface area contributed by atoms with Crippen molar-refractivity contribution in [1.82, 2.24) is 0 Å². The number of benzene rings is 1. The van der Waals surface area contributed by atoms with Gasteiger partial charge >= 0.3 is 0 Å². The van der Waals surface area contributed by atoms with Crippen LogP contribution in [0.1, 0.15) is 5.56 Å². The van der Waals surface area contributed by atoms with Crippen LogP contribution in [0, 0.1) is 0 Å². The number of halogens is 1. The van der Waals surface area contributed by atoms with E-state index in [1.54, 1.807) is 0 Å². The summed E-state index contributed by atoms with van der Waals surface area (Å²) < 4.78 is 1.99. The van der Waals surface area contributed by atoms with Crippen LogP contribution in [-0.2, 0) is 0 Å². The first-order valence-corrected chi connectivity index (χ1v) is 5.12. The Bertz CT molecular complexity index is 446. The molecule has 0 radical (unpaired) electrons. The Labute approximate surface area is 94.3 Å². The maximum atomic E-state index is 5.80. The first-order valence-electron chi connectivity index (χ1n) is 4.74. The van der Waals surface area contributed by atoms with Crippen molar-refractivity contribution in [2.24, 2.45) is 0 Å². The molecule has 0 amide bonds. The lowest BCUT2D eigenvalue weighted by Crippen LogP contribution is -2.23. The molecule has 1 aromatic heterocycles. The predicted octanol–water partition coefficient (Wildman–Crippen LogP) is 3.26. The molecule has 74 valence electrons. The quantitative estimate of drug-likeness (QED) is 0.679. The van der Waals surface area contributed by atoms with E-state index in [2.05, 4.69) is 0 Å². The third-order valence-electron chi connectivity index (χ3n) is 2.05. The van der Waals surface area contributed by atoms with E-state index in [1.807, 2.05) is 71.7 Å². The Balaban J connectivity index is 2.15. The zero-order valence-electron chi connectivity index (χ0n) is 8.18. The average molecular weight is 217 g/mol. The third kappa shape index (κ3) is 2.93. The maximum absolute atomic E-state index is 5.80. The first kappa shape index (κ1) is 9.94. The van der Waals surface area contributed by atoms with Crippen molar-refractivity contribution in [2.45, 2.75) is 0 Å². The minimum Gasteiger partial charge on any atom is -0.174 e. The highest BCUT2D eigenvalue weighted by Crippen LogP contribution is 2.10. The summed E-state index contributed by atoms with van der Waals surface area (Å²) in [7, 11) is 0. The summed E-state index contributed by atoms with van der Waals surface area (Å²) in [4.78, 5) is 0. The molecule has 0 saturated carbocycles. The summed E-state index contributed by atoms with van der Waals surface area (Å²) in [5.74, 6) is 0. The molecular weight excluding hydrogens is 206 g/mol. The lowest BCUT2D eigenvalue weighted by molar-refractivity contribution is -0.567. The Hall–Kier alpha value is -1.60. The second kappa shape index (κ2) is 4.76. The molecule has 2 rings (SSSR count). The molecule has 0 aliphatic heterocycles. The molecule has 1 aromatic carbocycles. The van der Waals surface area contributed by atoms with Gasteiger partial charge in [0, 0.05) is 23.2 Å². The number of hydrogen-bond donors (Lipinski definition) is 0. The number of rotatable bonds is 2. The van der Waals surface area contributed by atoms with E-state index in [0.717, 1.165) is 10.6 Å².